The van der Waals surface area contributed by atoms with E-state index >= 15 is 0 Å². The first-order chi connectivity index (χ1) is 27.8. The first kappa shape index (κ1) is 37.7. The zero-order chi connectivity index (χ0) is 39.3. The average Bonchev–Trinajstić information content (AvgIpc) is 3.51. The second kappa shape index (κ2) is 16.9. The number of fused-ring (bicyclic) bond motifs is 1. The lowest BCUT2D eigenvalue weighted by Crippen LogP contribution is -2.34. The molecule has 3 heterocycles. The van der Waals surface area contributed by atoms with Gasteiger partial charge in [-0.15, -0.1) is 0 Å². The van der Waals surface area contributed by atoms with Gasteiger partial charge in [-0.05, 0) is 56.5 Å². The molecule has 3 aromatic heterocycles. The number of allylic oxidation sites excluding steroid dienone is 6. The van der Waals surface area contributed by atoms with E-state index in [1.165, 1.54) is 66.5 Å². The van der Waals surface area contributed by atoms with E-state index in [-0.39, 0.29) is 0 Å². The molecule has 0 saturated heterocycles. The van der Waals surface area contributed by atoms with E-state index in [0.29, 0.717) is 23.7 Å². The summed E-state index contributed by atoms with van der Waals surface area (Å²) < 4.78 is 6.81. The summed E-state index contributed by atoms with van der Waals surface area (Å²) in [5.41, 5.74) is 13.0. The van der Waals surface area contributed by atoms with Crippen molar-refractivity contribution in [3.05, 3.63) is 222 Å². The van der Waals surface area contributed by atoms with Crippen LogP contribution in [0.3, 0.4) is 0 Å². The van der Waals surface area contributed by atoms with Gasteiger partial charge in [-0.25, -0.2) is 9.13 Å². The van der Waals surface area contributed by atoms with Gasteiger partial charge in [0.1, 0.15) is 0 Å². The fourth-order valence-electron chi connectivity index (χ4n) is 8.47. The first-order valence-electron chi connectivity index (χ1n) is 20.6. The van der Waals surface area contributed by atoms with Gasteiger partial charge >= 0.3 is 0 Å². The van der Waals surface area contributed by atoms with Crippen molar-refractivity contribution in [1.82, 2.24) is 0 Å². The molecule has 57 heavy (non-hydrogen) atoms. The molecule has 0 bridgehead atoms. The third kappa shape index (κ3) is 8.34. The summed E-state index contributed by atoms with van der Waals surface area (Å²) in [6.45, 7) is 13.0. The van der Waals surface area contributed by atoms with Crippen molar-refractivity contribution in [3.63, 3.8) is 0 Å². The second-order valence-corrected chi connectivity index (χ2v) is 16.2. The van der Waals surface area contributed by atoms with Gasteiger partial charge in [0.2, 0.25) is 5.69 Å². The van der Waals surface area contributed by atoms with Gasteiger partial charge in [-0.2, -0.15) is 4.57 Å². The monoisotopic (exact) mass is 744 g/mol. The molecule has 0 fully saturated rings. The van der Waals surface area contributed by atoms with E-state index in [9.17, 15) is 0 Å². The van der Waals surface area contributed by atoms with E-state index in [2.05, 4.69) is 237 Å². The van der Waals surface area contributed by atoms with E-state index in [1.807, 2.05) is 0 Å². The minimum Gasteiger partial charge on any atom is -0.201 e. The minimum atomic E-state index is 0.346. The Morgan fingerprint density at radius 3 is 1.61 bits per heavy atom. The van der Waals surface area contributed by atoms with Crippen molar-refractivity contribution in [3.8, 4) is 16.8 Å². The van der Waals surface area contributed by atoms with Crippen molar-refractivity contribution in [2.24, 2.45) is 5.92 Å². The average molecular weight is 745 g/mol. The van der Waals surface area contributed by atoms with Gasteiger partial charge in [0.15, 0.2) is 50.3 Å². The van der Waals surface area contributed by atoms with Crippen LogP contribution in [0.15, 0.2) is 189 Å². The molecule has 3 heteroatoms. The normalized spacial score (nSPS) is 14.6. The van der Waals surface area contributed by atoms with Gasteiger partial charge < -0.3 is 0 Å². The first-order valence-corrected chi connectivity index (χ1v) is 20.6. The fourth-order valence-corrected chi connectivity index (χ4v) is 8.47. The van der Waals surface area contributed by atoms with Gasteiger partial charge in [-0.1, -0.05) is 144 Å². The van der Waals surface area contributed by atoms with Crippen LogP contribution >= 0.6 is 0 Å². The summed E-state index contributed by atoms with van der Waals surface area (Å²) >= 11 is 0. The second-order valence-electron chi connectivity index (χ2n) is 16.2. The van der Waals surface area contributed by atoms with Gasteiger partial charge in [0.25, 0.3) is 0 Å². The Labute approximate surface area is 339 Å². The van der Waals surface area contributed by atoms with Crippen molar-refractivity contribution >= 4 is 16.3 Å². The van der Waals surface area contributed by atoms with Crippen LogP contribution in [-0.4, -0.2) is 0 Å². The van der Waals surface area contributed by atoms with Gasteiger partial charge in [0.05, 0.1) is 0 Å². The Morgan fingerprint density at radius 2 is 1.02 bits per heavy atom. The molecule has 0 N–H and O–H groups in total. The predicted octanol–water partition coefficient (Wildman–Crippen LogP) is 11.6. The number of nitrogens with zero attached hydrogens (tertiary/aromatic N) is 3. The number of pyridine rings is 3. The van der Waals surface area contributed by atoms with E-state index in [4.69, 9.17) is 0 Å². The largest absolute Gasteiger partial charge is 0.214 e. The summed E-state index contributed by atoms with van der Waals surface area (Å²) in [6, 6.07) is 44.4. The molecule has 0 aliphatic heterocycles. The molecule has 1 aliphatic carbocycles. The van der Waals surface area contributed by atoms with E-state index in [0.717, 1.165) is 13.1 Å². The zero-order valence-electron chi connectivity index (χ0n) is 34.0. The molecule has 2 atom stereocenters. The smallest absolute Gasteiger partial charge is 0.201 e. The molecule has 8 rings (SSSR count). The Morgan fingerprint density at radius 1 is 0.491 bits per heavy atom. The van der Waals surface area contributed by atoms with Crippen molar-refractivity contribution in [2.45, 2.75) is 65.5 Å². The standard InChI is InChI=1S/C54H54N3/c1-39(2)50-19-6-7-21-52(50)41(5)42-13-10-14-43(24-23-42)44-25-31-55(32-26-44)37-48-17-11-15-47-16-12-18-49(54(47)48)38-56-33-27-45(28-34-56)46-29-35-57(36-30-46)53-22-9-8-20-51(53)40(3)4/h6-36,39-42H,37-38H2,1-5H3/q+3. The van der Waals surface area contributed by atoms with Crippen LogP contribution in [0.25, 0.3) is 33.2 Å². The Kier molecular flexibility index (Phi) is 11.2. The number of hydrogen-bond donors (Lipinski definition) is 0. The highest BCUT2D eigenvalue weighted by Gasteiger charge is 2.20. The third-order valence-electron chi connectivity index (χ3n) is 11.7. The number of aromatic nitrogens is 3. The van der Waals surface area contributed by atoms with Crippen LogP contribution in [0.2, 0.25) is 0 Å². The molecule has 0 radical (unpaired) electrons. The Balaban J connectivity index is 0.964. The summed E-state index contributed by atoms with van der Waals surface area (Å²) in [5, 5.41) is 2.61. The van der Waals surface area contributed by atoms with Crippen LogP contribution in [-0.2, 0) is 13.1 Å². The molecule has 0 spiro atoms. The Bertz CT molecular complexity index is 2570. The SMILES string of the molecule is CC(C)c1ccccc1C(C)C1C=CC=C(c2cc[n+](Cc3cccc4cccc(C[n+]5ccc(-c6cc[n+](-c7ccccc7C(C)C)cc6)cc5)c34)cc2)C=C1. The van der Waals surface area contributed by atoms with E-state index < -0.39 is 0 Å². The lowest BCUT2D eigenvalue weighted by molar-refractivity contribution is -0.688. The molecular weight excluding hydrogens is 691 g/mol. The van der Waals surface area contributed by atoms with Crippen molar-refractivity contribution in [1.29, 1.82) is 0 Å². The van der Waals surface area contributed by atoms with Crippen molar-refractivity contribution < 1.29 is 13.7 Å². The number of rotatable bonds is 11. The van der Waals surface area contributed by atoms with Gasteiger partial charge in [-0.3, -0.25) is 0 Å². The lowest BCUT2D eigenvalue weighted by Gasteiger charge is -2.22. The summed E-state index contributed by atoms with van der Waals surface area (Å²) in [4.78, 5) is 0. The molecule has 3 nitrogen and oxygen atoms in total. The maximum atomic E-state index is 2.38. The minimum absolute atomic E-state index is 0.346. The molecular formula is C54H54N3+3. The number of para-hydroxylation sites is 1. The number of hydrogen-bond acceptors (Lipinski definition) is 0. The molecule has 7 aromatic rings. The van der Waals surface area contributed by atoms with Crippen LogP contribution in [0.5, 0.6) is 0 Å². The Hall–Kier alpha value is -6.19. The van der Waals surface area contributed by atoms with Crippen LogP contribution in [0.4, 0.5) is 0 Å². The molecule has 1 aliphatic rings. The summed E-state index contributed by atoms with van der Waals surface area (Å²) in [7, 11) is 0. The highest BCUT2D eigenvalue weighted by Crippen LogP contribution is 2.34. The molecule has 2 unspecified atom stereocenters. The maximum Gasteiger partial charge on any atom is 0.214 e. The van der Waals surface area contributed by atoms with Gasteiger partial charge in [0, 0.05) is 70.5 Å². The predicted molar refractivity (Wildman–Crippen MR) is 235 cm³/mol. The lowest BCUT2D eigenvalue weighted by atomic mass is 9.82. The molecule has 282 valence electrons. The highest BCUT2D eigenvalue weighted by molar-refractivity contribution is 5.88. The third-order valence-corrected chi connectivity index (χ3v) is 11.7. The topological polar surface area (TPSA) is 11.6 Å². The summed E-state index contributed by atoms with van der Waals surface area (Å²) in [6.07, 6.45) is 24.7. The van der Waals surface area contributed by atoms with Crippen LogP contribution in [0.1, 0.15) is 85.8 Å². The van der Waals surface area contributed by atoms with Crippen molar-refractivity contribution in [2.75, 3.05) is 0 Å². The zero-order valence-corrected chi connectivity index (χ0v) is 34.0. The highest BCUT2D eigenvalue weighted by atomic mass is 14.9. The fraction of sp³-hybridized carbons (Fsp3) is 0.204. The summed E-state index contributed by atoms with van der Waals surface area (Å²) in [5.74, 6) is 1.73. The molecule has 0 saturated carbocycles. The quantitative estimate of drug-likeness (QED) is 0.117. The van der Waals surface area contributed by atoms with E-state index in [1.54, 1.807) is 0 Å². The molecule has 0 amide bonds. The maximum absolute atomic E-state index is 2.38. The molecule has 4 aromatic carbocycles. The van der Waals surface area contributed by atoms with Crippen LogP contribution in [0, 0.1) is 5.92 Å². The number of benzene rings is 4. The van der Waals surface area contributed by atoms with Crippen LogP contribution < -0.4 is 13.7 Å².